The Balaban J connectivity index is 1.56. The maximum atomic E-state index is 14.7. The van der Waals surface area contributed by atoms with Gasteiger partial charge in [0.05, 0.1) is 6.04 Å². The molecule has 0 unspecified atom stereocenters. The maximum absolute atomic E-state index is 14.7. The van der Waals surface area contributed by atoms with Gasteiger partial charge in [-0.15, -0.1) is 0 Å². The van der Waals surface area contributed by atoms with Crippen molar-refractivity contribution in [2.75, 3.05) is 13.1 Å². The zero-order chi connectivity index (χ0) is 20.0. The van der Waals surface area contributed by atoms with E-state index in [4.69, 9.17) is 11.6 Å². The molecule has 8 heteroatoms. The molecule has 3 fully saturated rings. The molecule has 2 aliphatic carbocycles. The molecule has 5 nitrogen and oxygen atoms in total. The number of piperazine rings is 1. The lowest BCUT2D eigenvalue weighted by molar-refractivity contribution is -0.127. The van der Waals surface area contributed by atoms with E-state index in [2.05, 4.69) is 10.6 Å². The molecule has 2 N–H and O–H groups in total. The van der Waals surface area contributed by atoms with E-state index in [-0.39, 0.29) is 17.4 Å². The van der Waals surface area contributed by atoms with Gasteiger partial charge in [-0.3, -0.25) is 4.79 Å². The Kier molecular flexibility index (Phi) is 5.21. The minimum Gasteiger partial charge on any atom is -0.353 e. The van der Waals surface area contributed by atoms with Gasteiger partial charge in [0.1, 0.15) is 22.7 Å². The van der Waals surface area contributed by atoms with E-state index in [1.807, 2.05) is 0 Å². The second-order valence-corrected chi connectivity index (χ2v) is 8.56. The summed E-state index contributed by atoms with van der Waals surface area (Å²) in [7, 11) is 0. The molecule has 1 aromatic rings. The van der Waals surface area contributed by atoms with E-state index < -0.39 is 34.8 Å². The Bertz CT molecular complexity index is 796. The summed E-state index contributed by atoms with van der Waals surface area (Å²) >= 11 is 5.78. The first-order chi connectivity index (χ1) is 13.4. The molecule has 1 heterocycles. The molecular formula is C20H24ClF2N3O2. The summed E-state index contributed by atoms with van der Waals surface area (Å²) in [6, 6.07) is 0.878. The average Bonchev–Trinajstić information content (AvgIpc) is 3.45. The standard InChI is InChI=1S/C20H24ClF2N3O2/c1-10-19(27)24-6-7-26(10)20(28)25-18(13-8-12(9-13)11-2-3-11)14-4-5-15(22)16(21)17(14)23/h4-5,10-13,18H,2-3,6-9H2,1H3,(H,24,27)(H,25,28)/t10-,12-,13-,18-/m1/s1. The average molecular weight is 412 g/mol. The van der Waals surface area contributed by atoms with Crippen molar-refractivity contribution in [1.29, 1.82) is 0 Å². The molecule has 0 aromatic heterocycles. The van der Waals surface area contributed by atoms with Crippen LogP contribution in [0.3, 0.4) is 0 Å². The second-order valence-electron chi connectivity index (χ2n) is 8.18. The lowest BCUT2D eigenvalue weighted by Crippen LogP contribution is -2.59. The van der Waals surface area contributed by atoms with Crippen molar-refractivity contribution >= 4 is 23.5 Å². The molecule has 28 heavy (non-hydrogen) atoms. The van der Waals surface area contributed by atoms with Gasteiger partial charge >= 0.3 is 6.03 Å². The van der Waals surface area contributed by atoms with Crippen LogP contribution in [-0.4, -0.2) is 36.0 Å². The first-order valence-electron chi connectivity index (χ1n) is 9.85. The van der Waals surface area contributed by atoms with Crippen LogP contribution in [0.25, 0.3) is 0 Å². The number of carbonyl (C=O) groups excluding carboxylic acids is 2. The molecule has 152 valence electrons. The van der Waals surface area contributed by atoms with Gasteiger partial charge in [-0.2, -0.15) is 0 Å². The number of nitrogens with one attached hydrogen (secondary N) is 2. The van der Waals surface area contributed by atoms with Crippen LogP contribution >= 0.6 is 11.6 Å². The van der Waals surface area contributed by atoms with E-state index >= 15 is 0 Å². The lowest BCUT2D eigenvalue weighted by Gasteiger charge is -2.42. The topological polar surface area (TPSA) is 61.4 Å². The van der Waals surface area contributed by atoms with Gasteiger partial charge in [-0.05, 0) is 56.4 Å². The summed E-state index contributed by atoms with van der Waals surface area (Å²) < 4.78 is 28.4. The highest BCUT2D eigenvalue weighted by molar-refractivity contribution is 6.31. The number of urea groups is 1. The van der Waals surface area contributed by atoms with Crippen LogP contribution in [0.1, 0.15) is 44.2 Å². The van der Waals surface area contributed by atoms with Gasteiger partial charge in [0, 0.05) is 18.7 Å². The van der Waals surface area contributed by atoms with Gasteiger partial charge < -0.3 is 15.5 Å². The van der Waals surface area contributed by atoms with Gasteiger partial charge in [0.2, 0.25) is 5.91 Å². The van der Waals surface area contributed by atoms with Crippen LogP contribution in [0, 0.1) is 29.4 Å². The highest BCUT2D eigenvalue weighted by atomic mass is 35.5. The van der Waals surface area contributed by atoms with Gasteiger partial charge in [0.15, 0.2) is 0 Å². The normalized spacial score (nSPS) is 28.4. The fourth-order valence-corrected chi connectivity index (χ4v) is 4.61. The van der Waals surface area contributed by atoms with Crippen LogP contribution in [0.5, 0.6) is 0 Å². The molecule has 2 atom stereocenters. The lowest BCUT2D eigenvalue weighted by atomic mass is 9.67. The minimum absolute atomic E-state index is 0.0690. The zero-order valence-electron chi connectivity index (χ0n) is 15.7. The molecule has 3 amide bonds. The van der Waals surface area contributed by atoms with E-state index in [1.54, 1.807) is 6.92 Å². The van der Waals surface area contributed by atoms with Crippen LogP contribution in [-0.2, 0) is 4.79 Å². The monoisotopic (exact) mass is 411 g/mol. The molecule has 0 radical (unpaired) electrons. The Morgan fingerprint density at radius 3 is 2.68 bits per heavy atom. The van der Waals surface area contributed by atoms with E-state index in [0.29, 0.717) is 19.0 Å². The van der Waals surface area contributed by atoms with Crippen molar-refractivity contribution in [3.05, 3.63) is 34.4 Å². The van der Waals surface area contributed by atoms with Crippen molar-refractivity contribution in [3.8, 4) is 0 Å². The SMILES string of the molecule is C[C@@H]1C(=O)NCCN1C(=O)N[C@@H](c1ccc(F)c(Cl)c1F)[C@H]1C[C@H](C2CC2)C1. The third-order valence-electron chi connectivity index (χ3n) is 6.41. The van der Waals surface area contributed by atoms with Crippen LogP contribution in [0.2, 0.25) is 5.02 Å². The molecule has 2 saturated carbocycles. The number of benzene rings is 1. The quantitative estimate of drug-likeness (QED) is 0.743. The van der Waals surface area contributed by atoms with E-state index in [1.165, 1.54) is 23.8 Å². The van der Waals surface area contributed by atoms with Gasteiger partial charge in [0.25, 0.3) is 0 Å². The fourth-order valence-electron chi connectivity index (χ4n) is 4.44. The van der Waals surface area contributed by atoms with Crippen LogP contribution < -0.4 is 10.6 Å². The second kappa shape index (κ2) is 7.50. The zero-order valence-corrected chi connectivity index (χ0v) is 16.4. The molecule has 1 saturated heterocycles. The predicted octanol–water partition coefficient (Wildman–Crippen LogP) is 3.63. The minimum atomic E-state index is -0.828. The Morgan fingerprint density at radius 2 is 2.00 bits per heavy atom. The third-order valence-corrected chi connectivity index (χ3v) is 6.76. The van der Waals surface area contributed by atoms with Crippen LogP contribution in [0.4, 0.5) is 13.6 Å². The summed E-state index contributed by atoms with van der Waals surface area (Å²) in [6.07, 6.45) is 4.29. The summed E-state index contributed by atoms with van der Waals surface area (Å²) in [5, 5.41) is 5.07. The number of carbonyl (C=O) groups is 2. The van der Waals surface area contributed by atoms with E-state index in [0.717, 1.165) is 24.8 Å². The van der Waals surface area contributed by atoms with Crippen molar-refractivity contribution in [3.63, 3.8) is 0 Å². The summed E-state index contributed by atoms with van der Waals surface area (Å²) in [5.74, 6) is -0.431. The number of halogens is 3. The molecule has 3 aliphatic rings. The molecule has 1 aliphatic heterocycles. The summed E-state index contributed by atoms with van der Waals surface area (Å²) in [4.78, 5) is 26.2. The van der Waals surface area contributed by atoms with Crippen molar-refractivity contribution in [1.82, 2.24) is 15.5 Å². The largest absolute Gasteiger partial charge is 0.353 e. The van der Waals surface area contributed by atoms with Crippen molar-refractivity contribution < 1.29 is 18.4 Å². The number of rotatable bonds is 4. The highest BCUT2D eigenvalue weighted by Crippen LogP contribution is 2.53. The summed E-state index contributed by atoms with van der Waals surface area (Å²) in [6.45, 7) is 2.42. The van der Waals surface area contributed by atoms with Gasteiger partial charge in [-0.1, -0.05) is 17.7 Å². The van der Waals surface area contributed by atoms with Crippen LogP contribution in [0.15, 0.2) is 12.1 Å². The third kappa shape index (κ3) is 3.56. The first kappa shape index (κ1) is 19.4. The van der Waals surface area contributed by atoms with Crippen molar-refractivity contribution in [2.45, 2.75) is 44.7 Å². The Hall–Kier alpha value is -1.89. The molecule has 0 spiro atoms. The smallest absolute Gasteiger partial charge is 0.318 e. The predicted molar refractivity (Wildman–Crippen MR) is 101 cm³/mol. The van der Waals surface area contributed by atoms with E-state index in [9.17, 15) is 18.4 Å². The fraction of sp³-hybridized carbons (Fsp3) is 0.600. The molecule has 4 rings (SSSR count). The number of nitrogens with zero attached hydrogens (tertiary/aromatic N) is 1. The number of amides is 3. The Labute approximate surface area is 167 Å². The summed E-state index contributed by atoms with van der Waals surface area (Å²) in [5.41, 5.74) is 0.202. The van der Waals surface area contributed by atoms with Gasteiger partial charge in [-0.25, -0.2) is 13.6 Å². The number of hydrogen-bond acceptors (Lipinski definition) is 2. The Morgan fingerprint density at radius 1 is 1.29 bits per heavy atom. The first-order valence-corrected chi connectivity index (χ1v) is 10.2. The molecule has 1 aromatic carbocycles. The number of hydrogen-bond donors (Lipinski definition) is 2. The van der Waals surface area contributed by atoms with Crippen molar-refractivity contribution in [2.24, 2.45) is 17.8 Å². The molecule has 0 bridgehead atoms. The molecular weight excluding hydrogens is 388 g/mol. The highest BCUT2D eigenvalue weighted by Gasteiger charge is 2.45. The maximum Gasteiger partial charge on any atom is 0.318 e.